The van der Waals surface area contributed by atoms with Gasteiger partial charge in [0.05, 0.1) is 5.56 Å². The van der Waals surface area contributed by atoms with Crippen LogP contribution in [0.3, 0.4) is 0 Å². The highest BCUT2D eigenvalue weighted by Gasteiger charge is 2.29. The van der Waals surface area contributed by atoms with Gasteiger partial charge in [0, 0.05) is 49.5 Å². The van der Waals surface area contributed by atoms with E-state index >= 15 is 0 Å². The molecule has 0 aliphatic carbocycles. The van der Waals surface area contributed by atoms with Gasteiger partial charge >= 0.3 is 0 Å². The largest absolute Gasteiger partial charge is 0.338 e. The molecular weight excluding hydrogens is 355 g/mol. The zero-order chi connectivity index (χ0) is 18.7. The van der Waals surface area contributed by atoms with Crippen LogP contribution in [0.5, 0.6) is 0 Å². The number of imidazole rings is 1. The molecule has 7 heteroatoms. The van der Waals surface area contributed by atoms with Crippen molar-refractivity contribution in [2.45, 2.75) is 25.3 Å². The summed E-state index contributed by atoms with van der Waals surface area (Å²) < 4.78 is 16.2. The van der Waals surface area contributed by atoms with Crippen LogP contribution in [-0.4, -0.2) is 59.0 Å². The van der Waals surface area contributed by atoms with Crippen molar-refractivity contribution in [3.8, 4) is 0 Å². The fourth-order valence-corrected chi connectivity index (χ4v) is 3.55. The number of carbonyl (C=O) groups is 1. The highest BCUT2D eigenvalue weighted by atomic mass is 35.5. The summed E-state index contributed by atoms with van der Waals surface area (Å²) in [5.74, 6) is 0.318. The Hall–Kier alpha value is -1.92. The quantitative estimate of drug-likeness (QED) is 0.802. The van der Waals surface area contributed by atoms with Gasteiger partial charge in [-0.3, -0.25) is 4.79 Å². The molecule has 0 unspecified atom stereocenters. The minimum Gasteiger partial charge on any atom is -0.338 e. The van der Waals surface area contributed by atoms with E-state index in [2.05, 4.69) is 14.5 Å². The van der Waals surface area contributed by atoms with Crippen LogP contribution >= 0.6 is 11.6 Å². The normalized spacial score (nSPS) is 17.7. The molecule has 1 atom stereocenters. The predicted molar refractivity (Wildman–Crippen MR) is 100 cm³/mol. The molecule has 1 aliphatic rings. The van der Waals surface area contributed by atoms with E-state index in [-0.39, 0.29) is 17.4 Å². The van der Waals surface area contributed by atoms with Gasteiger partial charge in [-0.15, -0.1) is 0 Å². The number of halogens is 2. The highest BCUT2D eigenvalue weighted by Crippen LogP contribution is 2.27. The first-order valence-electron chi connectivity index (χ1n) is 8.86. The summed E-state index contributed by atoms with van der Waals surface area (Å²) in [4.78, 5) is 21.2. The van der Waals surface area contributed by atoms with Gasteiger partial charge in [-0.05, 0) is 45.1 Å². The Bertz CT molecular complexity index is 777. The first-order chi connectivity index (χ1) is 12.5. The zero-order valence-electron chi connectivity index (χ0n) is 15.2. The second kappa shape index (κ2) is 8.18. The number of aromatic nitrogens is 2. The van der Waals surface area contributed by atoms with Crippen LogP contribution in [-0.2, 0) is 6.54 Å². The lowest BCUT2D eigenvalue weighted by atomic mass is 9.96. The van der Waals surface area contributed by atoms with Crippen molar-refractivity contribution in [1.29, 1.82) is 0 Å². The standard InChI is InChI=1S/C19H24ClFN4O/c1-23(2)10-11-24-9-7-22-18(24)14-4-3-8-25(13-14)19(26)16-12-15(20)5-6-17(16)21/h5-7,9,12,14H,3-4,8,10-11,13H2,1-2H3/t14-/m0/s1. The fraction of sp³-hybridized carbons (Fsp3) is 0.474. The third kappa shape index (κ3) is 4.24. The van der Waals surface area contributed by atoms with Crippen LogP contribution in [0.25, 0.3) is 0 Å². The Labute approximate surface area is 158 Å². The highest BCUT2D eigenvalue weighted by molar-refractivity contribution is 6.31. The average molecular weight is 379 g/mol. The lowest BCUT2D eigenvalue weighted by Crippen LogP contribution is -2.40. The molecule has 0 N–H and O–H groups in total. The third-order valence-corrected chi connectivity index (χ3v) is 5.00. The minimum atomic E-state index is -0.533. The number of rotatable bonds is 5. The first-order valence-corrected chi connectivity index (χ1v) is 9.23. The summed E-state index contributed by atoms with van der Waals surface area (Å²) in [7, 11) is 4.08. The first kappa shape index (κ1) is 18.9. The van der Waals surface area contributed by atoms with Crippen LogP contribution in [0.4, 0.5) is 4.39 Å². The van der Waals surface area contributed by atoms with E-state index in [1.165, 1.54) is 18.2 Å². The van der Waals surface area contributed by atoms with Crippen molar-refractivity contribution < 1.29 is 9.18 Å². The molecule has 1 fully saturated rings. The number of likely N-dealkylation sites (N-methyl/N-ethyl adjacent to an activating group) is 1. The maximum atomic E-state index is 14.1. The van der Waals surface area contributed by atoms with Gasteiger partial charge < -0.3 is 14.4 Å². The van der Waals surface area contributed by atoms with E-state index in [4.69, 9.17) is 11.6 Å². The summed E-state index contributed by atoms with van der Waals surface area (Å²) in [5, 5.41) is 0.363. The topological polar surface area (TPSA) is 41.4 Å². The monoisotopic (exact) mass is 378 g/mol. The molecule has 1 aromatic carbocycles. The maximum absolute atomic E-state index is 14.1. The Morgan fingerprint density at radius 2 is 2.23 bits per heavy atom. The summed E-state index contributed by atoms with van der Waals surface area (Å²) in [6, 6.07) is 4.10. The molecule has 5 nitrogen and oxygen atoms in total. The summed E-state index contributed by atoms with van der Waals surface area (Å²) in [5.41, 5.74) is 0.0362. The van der Waals surface area contributed by atoms with Crippen molar-refractivity contribution >= 4 is 17.5 Å². The molecule has 1 aromatic heterocycles. The molecule has 3 rings (SSSR count). The molecule has 26 heavy (non-hydrogen) atoms. The van der Waals surface area contributed by atoms with Crippen molar-refractivity contribution in [3.05, 3.63) is 52.8 Å². The number of likely N-dealkylation sites (tertiary alicyclic amines) is 1. The molecule has 0 spiro atoms. The van der Waals surface area contributed by atoms with E-state index in [1.54, 1.807) is 4.90 Å². The Morgan fingerprint density at radius 3 is 3.00 bits per heavy atom. The summed E-state index contributed by atoms with van der Waals surface area (Å²) in [6.07, 6.45) is 5.64. The van der Waals surface area contributed by atoms with Crippen LogP contribution < -0.4 is 0 Å². The number of nitrogens with zero attached hydrogens (tertiary/aromatic N) is 4. The van der Waals surface area contributed by atoms with E-state index in [9.17, 15) is 9.18 Å². The van der Waals surface area contributed by atoms with E-state index in [1.807, 2.05) is 26.5 Å². The number of carbonyl (C=O) groups excluding carboxylic acids is 1. The fourth-order valence-electron chi connectivity index (χ4n) is 3.38. The van der Waals surface area contributed by atoms with E-state index in [0.29, 0.717) is 18.1 Å². The molecule has 1 amide bonds. The third-order valence-electron chi connectivity index (χ3n) is 4.77. The Kier molecular flexibility index (Phi) is 5.94. The summed E-state index contributed by atoms with van der Waals surface area (Å²) >= 11 is 5.94. The van der Waals surface area contributed by atoms with Gasteiger partial charge in [0.15, 0.2) is 0 Å². The molecule has 1 saturated heterocycles. The van der Waals surface area contributed by atoms with Crippen LogP contribution in [0.15, 0.2) is 30.6 Å². The van der Waals surface area contributed by atoms with E-state index in [0.717, 1.165) is 31.8 Å². The lowest BCUT2D eigenvalue weighted by Gasteiger charge is -2.33. The number of benzene rings is 1. The van der Waals surface area contributed by atoms with E-state index < -0.39 is 5.82 Å². The molecule has 140 valence electrons. The van der Waals surface area contributed by atoms with Gasteiger partial charge in [-0.2, -0.15) is 0 Å². The number of hydrogen-bond acceptors (Lipinski definition) is 3. The molecular formula is C19H24ClFN4O. The van der Waals surface area contributed by atoms with Crippen molar-refractivity contribution in [2.24, 2.45) is 0 Å². The minimum absolute atomic E-state index is 0.0362. The second-order valence-corrected chi connectivity index (χ2v) is 7.43. The molecule has 2 aromatic rings. The zero-order valence-corrected chi connectivity index (χ0v) is 15.9. The SMILES string of the molecule is CN(C)CCn1ccnc1[C@H]1CCCN(C(=O)c2cc(Cl)ccc2F)C1. The smallest absolute Gasteiger partial charge is 0.256 e. The van der Waals surface area contributed by atoms with Crippen LogP contribution in [0.2, 0.25) is 5.02 Å². The van der Waals surface area contributed by atoms with Gasteiger partial charge in [-0.25, -0.2) is 9.37 Å². The summed E-state index contributed by atoms with van der Waals surface area (Å²) in [6.45, 7) is 2.95. The number of hydrogen-bond donors (Lipinski definition) is 0. The van der Waals surface area contributed by atoms with Gasteiger partial charge in [0.2, 0.25) is 0 Å². The van der Waals surface area contributed by atoms with Crippen molar-refractivity contribution in [2.75, 3.05) is 33.7 Å². The van der Waals surface area contributed by atoms with Gasteiger partial charge in [0.25, 0.3) is 5.91 Å². The predicted octanol–water partition coefficient (Wildman–Crippen LogP) is 3.26. The molecule has 1 aliphatic heterocycles. The van der Waals surface area contributed by atoms with Gasteiger partial charge in [0.1, 0.15) is 11.6 Å². The van der Waals surface area contributed by atoms with Gasteiger partial charge in [-0.1, -0.05) is 11.6 Å². The van der Waals surface area contributed by atoms with Crippen molar-refractivity contribution in [1.82, 2.24) is 19.4 Å². The van der Waals surface area contributed by atoms with Crippen LogP contribution in [0, 0.1) is 5.82 Å². The Balaban J connectivity index is 1.75. The lowest BCUT2D eigenvalue weighted by molar-refractivity contribution is 0.0698. The maximum Gasteiger partial charge on any atom is 0.256 e. The molecule has 0 bridgehead atoms. The number of piperidine rings is 1. The molecule has 2 heterocycles. The average Bonchev–Trinajstić information content (AvgIpc) is 3.10. The van der Waals surface area contributed by atoms with Crippen LogP contribution in [0.1, 0.15) is 34.9 Å². The number of amides is 1. The molecule has 0 saturated carbocycles. The van der Waals surface area contributed by atoms with Crippen molar-refractivity contribution in [3.63, 3.8) is 0 Å². The Morgan fingerprint density at radius 1 is 1.42 bits per heavy atom. The molecule has 0 radical (unpaired) electrons. The second-order valence-electron chi connectivity index (χ2n) is 7.00.